The predicted octanol–water partition coefficient (Wildman–Crippen LogP) is 5.69. The fraction of sp³-hybridized carbons (Fsp3) is 0.250. The topological polar surface area (TPSA) is 98.4 Å². The average Bonchev–Trinajstić information content (AvgIpc) is 3.54. The number of benzene rings is 4. The average molecular weight is 636 g/mol. The van der Waals surface area contributed by atoms with Gasteiger partial charge in [-0.2, -0.15) is 5.10 Å². The zero-order chi connectivity index (χ0) is 33.1. The molecule has 0 radical (unpaired) electrons. The van der Waals surface area contributed by atoms with Gasteiger partial charge in [0.25, 0.3) is 11.8 Å². The van der Waals surface area contributed by atoms with Gasteiger partial charge in [0.05, 0.1) is 5.52 Å². The molecule has 0 bridgehead atoms. The predicted molar refractivity (Wildman–Crippen MR) is 186 cm³/mol. The van der Waals surface area contributed by atoms with E-state index in [4.69, 9.17) is 0 Å². The van der Waals surface area contributed by atoms with Crippen molar-refractivity contribution in [3.63, 3.8) is 0 Å². The lowest BCUT2D eigenvalue weighted by Gasteiger charge is -2.54. The van der Waals surface area contributed by atoms with Crippen LogP contribution in [0.3, 0.4) is 0 Å². The third-order valence-corrected chi connectivity index (χ3v) is 9.55. The lowest BCUT2D eigenvalue weighted by Crippen LogP contribution is -2.64. The molecule has 2 N–H and O–H groups in total. The van der Waals surface area contributed by atoms with E-state index in [1.54, 1.807) is 7.05 Å². The Kier molecular flexibility index (Phi) is 8.51. The number of fused-ring (bicyclic) bond motifs is 1. The molecule has 240 valence electrons. The summed E-state index contributed by atoms with van der Waals surface area (Å²) in [6, 6.07) is 31.4. The van der Waals surface area contributed by atoms with E-state index in [1.807, 2.05) is 88.7 Å². The number of piperidine rings is 1. The SMILES string of the molecule is CNC(=O)CCc1ccc(C(=O)N2CCCC3(C2)CN(C(=O)c2ccc4[nH]nc(C#Cc5ccccc5-c5ccccc5)c4c2)C3)cc1. The molecule has 2 aliphatic heterocycles. The van der Waals surface area contributed by atoms with Gasteiger partial charge < -0.3 is 15.1 Å². The molecule has 4 aromatic carbocycles. The van der Waals surface area contributed by atoms with Gasteiger partial charge in [-0.1, -0.05) is 66.6 Å². The van der Waals surface area contributed by atoms with Crippen LogP contribution in [0.2, 0.25) is 0 Å². The van der Waals surface area contributed by atoms with Crippen LogP contribution in [0, 0.1) is 17.3 Å². The lowest BCUT2D eigenvalue weighted by atomic mass is 9.73. The number of hydrogen-bond acceptors (Lipinski definition) is 4. The molecule has 8 heteroatoms. The van der Waals surface area contributed by atoms with E-state index < -0.39 is 0 Å². The van der Waals surface area contributed by atoms with Gasteiger partial charge in [0.2, 0.25) is 5.91 Å². The van der Waals surface area contributed by atoms with Gasteiger partial charge in [0, 0.05) is 67.1 Å². The zero-order valence-electron chi connectivity index (χ0n) is 27.0. The third-order valence-electron chi connectivity index (χ3n) is 9.55. The minimum atomic E-state index is -0.0838. The van der Waals surface area contributed by atoms with Crippen molar-refractivity contribution in [2.24, 2.45) is 5.41 Å². The van der Waals surface area contributed by atoms with Crippen molar-refractivity contribution in [2.45, 2.75) is 25.7 Å². The molecule has 0 aliphatic carbocycles. The van der Waals surface area contributed by atoms with Gasteiger partial charge >= 0.3 is 0 Å². The quantitative estimate of drug-likeness (QED) is 0.235. The second-order valence-electron chi connectivity index (χ2n) is 12.9. The van der Waals surface area contributed by atoms with Crippen LogP contribution in [0.4, 0.5) is 0 Å². The van der Waals surface area contributed by atoms with Crippen molar-refractivity contribution in [3.8, 4) is 23.0 Å². The highest BCUT2D eigenvalue weighted by Crippen LogP contribution is 2.40. The minimum Gasteiger partial charge on any atom is -0.359 e. The lowest BCUT2D eigenvalue weighted by molar-refractivity contribution is -0.120. The van der Waals surface area contributed by atoms with Gasteiger partial charge in [-0.3, -0.25) is 19.5 Å². The number of H-pyrrole nitrogens is 1. The van der Waals surface area contributed by atoms with E-state index >= 15 is 0 Å². The molecule has 5 aromatic rings. The van der Waals surface area contributed by atoms with E-state index in [-0.39, 0.29) is 23.1 Å². The fourth-order valence-electron chi connectivity index (χ4n) is 6.94. The zero-order valence-corrected chi connectivity index (χ0v) is 27.0. The van der Waals surface area contributed by atoms with Crippen LogP contribution in [-0.2, 0) is 11.2 Å². The molecular weight excluding hydrogens is 598 g/mol. The summed E-state index contributed by atoms with van der Waals surface area (Å²) in [4.78, 5) is 42.5. The van der Waals surface area contributed by atoms with Crippen LogP contribution in [0.25, 0.3) is 22.0 Å². The van der Waals surface area contributed by atoms with Crippen LogP contribution in [0.1, 0.15) is 56.8 Å². The number of nitrogens with one attached hydrogen (secondary N) is 2. The Labute approximate surface area is 280 Å². The standard InChI is InChI=1S/C40H37N5O3/c1-41-37(46)21-14-28-12-15-31(16-13-28)38(47)44-23-7-22-40(25-44)26-45(27-40)39(48)32-18-20-36-34(24-32)35(42-43-36)19-17-30-10-5-6-11-33(30)29-8-3-2-4-9-29/h2-6,8-13,15-16,18,20,24H,7,14,21-23,25-27H2,1H3,(H,41,46)(H,42,43). The van der Waals surface area contributed by atoms with Gasteiger partial charge in [-0.15, -0.1) is 0 Å². The first kappa shape index (κ1) is 30.9. The number of rotatable bonds is 6. The van der Waals surface area contributed by atoms with E-state index in [1.165, 1.54) is 0 Å². The van der Waals surface area contributed by atoms with Crippen LogP contribution >= 0.6 is 0 Å². The summed E-state index contributed by atoms with van der Waals surface area (Å²) in [5.74, 6) is 6.54. The van der Waals surface area contributed by atoms with Crippen LogP contribution in [0.5, 0.6) is 0 Å². The summed E-state index contributed by atoms with van der Waals surface area (Å²) in [6.45, 7) is 2.60. The Morgan fingerprint density at radius 2 is 1.54 bits per heavy atom. The number of likely N-dealkylation sites (tertiary alicyclic amines) is 2. The van der Waals surface area contributed by atoms with Gasteiger partial charge in [0.1, 0.15) is 5.69 Å². The summed E-state index contributed by atoms with van der Waals surface area (Å²) in [7, 11) is 1.63. The summed E-state index contributed by atoms with van der Waals surface area (Å²) in [5.41, 5.74) is 6.70. The number of aromatic nitrogens is 2. The van der Waals surface area contributed by atoms with Crippen molar-refractivity contribution in [1.29, 1.82) is 0 Å². The van der Waals surface area contributed by atoms with Crippen molar-refractivity contribution < 1.29 is 14.4 Å². The maximum Gasteiger partial charge on any atom is 0.253 e. The maximum absolute atomic E-state index is 13.6. The highest BCUT2D eigenvalue weighted by molar-refractivity contribution is 5.99. The summed E-state index contributed by atoms with van der Waals surface area (Å²) >= 11 is 0. The second kappa shape index (κ2) is 13.2. The van der Waals surface area contributed by atoms with E-state index in [0.717, 1.165) is 46.0 Å². The first-order valence-corrected chi connectivity index (χ1v) is 16.4. The number of aryl methyl sites for hydroxylation is 1. The van der Waals surface area contributed by atoms with E-state index in [0.29, 0.717) is 55.8 Å². The molecule has 2 fully saturated rings. The Morgan fingerprint density at radius 1 is 0.833 bits per heavy atom. The van der Waals surface area contributed by atoms with E-state index in [2.05, 4.69) is 45.6 Å². The molecular formula is C40H37N5O3. The number of carbonyl (C=O) groups is 3. The molecule has 3 amide bonds. The minimum absolute atomic E-state index is 0.000441. The number of amides is 3. The van der Waals surface area contributed by atoms with Crippen LogP contribution < -0.4 is 5.32 Å². The van der Waals surface area contributed by atoms with Crippen LogP contribution in [-0.4, -0.2) is 70.9 Å². The van der Waals surface area contributed by atoms with Gasteiger partial charge in [-0.25, -0.2) is 0 Å². The third kappa shape index (κ3) is 6.32. The second-order valence-corrected chi connectivity index (χ2v) is 12.9. The molecule has 0 saturated carbocycles. The molecule has 48 heavy (non-hydrogen) atoms. The summed E-state index contributed by atoms with van der Waals surface area (Å²) < 4.78 is 0. The monoisotopic (exact) mass is 635 g/mol. The highest BCUT2D eigenvalue weighted by Gasteiger charge is 2.48. The van der Waals surface area contributed by atoms with Gasteiger partial charge in [0.15, 0.2) is 0 Å². The van der Waals surface area contributed by atoms with Crippen LogP contribution in [0.15, 0.2) is 97.1 Å². The Hall–Kier alpha value is -5.68. The molecule has 0 atom stereocenters. The summed E-state index contributed by atoms with van der Waals surface area (Å²) in [6.07, 6.45) is 2.96. The summed E-state index contributed by atoms with van der Waals surface area (Å²) in [5, 5.41) is 11.0. The fourth-order valence-corrected chi connectivity index (χ4v) is 6.94. The van der Waals surface area contributed by atoms with Gasteiger partial charge in [-0.05, 0) is 78.3 Å². The molecule has 0 unspecified atom stereocenters. The first-order chi connectivity index (χ1) is 23.4. The number of nitrogens with zero attached hydrogens (tertiary/aromatic N) is 3. The Morgan fingerprint density at radius 3 is 2.33 bits per heavy atom. The molecule has 1 spiro atoms. The molecule has 8 nitrogen and oxygen atoms in total. The van der Waals surface area contributed by atoms with Crippen molar-refractivity contribution in [2.75, 3.05) is 33.2 Å². The first-order valence-electron chi connectivity index (χ1n) is 16.4. The molecule has 2 aliphatic rings. The largest absolute Gasteiger partial charge is 0.359 e. The van der Waals surface area contributed by atoms with E-state index in [9.17, 15) is 14.4 Å². The van der Waals surface area contributed by atoms with Crippen molar-refractivity contribution in [1.82, 2.24) is 25.3 Å². The Balaban J connectivity index is 1.01. The number of carbonyl (C=O) groups excluding carboxylic acids is 3. The Bertz CT molecular complexity index is 2050. The highest BCUT2D eigenvalue weighted by atomic mass is 16.2. The molecule has 3 heterocycles. The number of hydrogen-bond donors (Lipinski definition) is 2. The molecule has 7 rings (SSSR count). The maximum atomic E-state index is 13.6. The molecule has 1 aromatic heterocycles. The van der Waals surface area contributed by atoms with Crippen molar-refractivity contribution in [3.05, 3.63) is 125 Å². The molecule has 2 saturated heterocycles. The number of aromatic amines is 1. The normalized spacial score (nSPS) is 15.0. The van der Waals surface area contributed by atoms with Crippen molar-refractivity contribution >= 4 is 28.6 Å². The smallest absolute Gasteiger partial charge is 0.253 e.